The van der Waals surface area contributed by atoms with Gasteiger partial charge in [0.1, 0.15) is 10.9 Å². The van der Waals surface area contributed by atoms with Gasteiger partial charge in [-0.1, -0.05) is 17.7 Å². The minimum Gasteiger partial charge on any atom is -0.495 e. The lowest BCUT2D eigenvalue weighted by atomic mass is 10.2. The summed E-state index contributed by atoms with van der Waals surface area (Å²) in [7, 11) is 1.55. The van der Waals surface area contributed by atoms with E-state index in [2.05, 4.69) is 10.4 Å². The smallest absolute Gasteiger partial charge is 0.271 e. The minimum absolute atomic E-state index is 0.275. The summed E-state index contributed by atoms with van der Waals surface area (Å²) in [4.78, 5) is 12.2. The number of nitro groups is 1. The molecular formula is C11H13ClN4O3. The van der Waals surface area contributed by atoms with E-state index in [1.54, 1.807) is 24.1 Å². The number of hydrazone groups is 1. The van der Waals surface area contributed by atoms with Gasteiger partial charge >= 0.3 is 0 Å². The van der Waals surface area contributed by atoms with Gasteiger partial charge in [0.25, 0.3) is 5.96 Å². The molecule has 0 bridgehead atoms. The Balaban J connectivity index is 2.12. The van der Waals surface area contributed by atoms with Crippen molar-refractivity contribution in [2.45, 2.75) is 6.54 Å². The van der Waals surface area contributed by atoms with Crippen molar-refractivity contribution in [3.8, 4) is 5.75 Å². The molecule has 7 nitrogen and oxygen atoms in total. The maximum atomic E-state index is 10.4. The van der Waals surface area contributed by atoms with E-state index in [9.17, 15) is 10.1 Å². The number of benzene rings is 1. The molecule has 1 aliphatic rings. The summed E-state index contributed by atoms with van der Waals surface area (Å²) in [5, 5.41) is 16.4. The molecular weight excluding hydrogens is 272 g/mol. The maximum Gasteiger partial charge on any atom is 0.271 e. The largest absolute Gasteiger partial charge is 0.495 e. The Morgan fingerprint density at radius 1 is 1.63 bits per heavy atom. The van der Waals surface area contributed by atoms with E-state index in [1.165, 1.54) is 0 Å². The van der Waals surface area contributed by atoms with E-state index in [1.807, 2.05) is 6.07 Å². The summed E-state index contributed by atoms with van der Waals surface area (Å²) in [6.45, 7) is 1.80. The first-order chi connectivity index (χ1) is 9.10. The van der Waals surface area contributed by atoms with Crippen LogP contribution >= 0.6 is 11.6 Å². The number of nitrogens with one attached hydrogen (secondary N) is 1. The predicted molar refractivity (Wildman–Crippen MR) is 70.8 cm³/mol. The molecule has 1 aromatic carbocycles. The van der Waals surface area contributed by atoms with Gasteiger partial charge in [-0.15, -0.1) is 0 Å². The number of guanidine groups is 1. The maximum absolute atomic E-state index is 10.4. The van der Waals surface area contributed by atoms with Crippen molar-refractivity contribution in [2.75, 3.05) is 20.2 Å². The fraction of sp³-hybridized carbons (Fsp3) is 0.364. The molecule has 2 rings (SSSR count). The van der Waals surface area contributed by atoms with Gasteiger partial charge in [-0.05, 0) is 17.7 Å². The van der Waals surface area contributed by atoms with Gasteiger partial charge in [0, 0.05) is 19.6 Å². The van der Waals surface area contributed by atoms with Crippen LogP contribution in [0.25, 0.3) is 0 Å². The zero-order valence-electron chi connectivity index (χ0n) is 10.3. The van der Waals surface area contributed by atoms with Crippen LogP contribution in [-0.2, 0) is 6.54 Å². The lowest BCUT2D eigenvalue weighted by Gasteiger charge is -2.16. The third kappa shape index (κ3) is 3.25. The van der Waals surface area contributed by atoms with Gasteiger partial charge in [-0.2, -0.15) is 0 Å². The van der Waals surface area contributed by atoms with Crippen molar-refractivity contribution in [3.05, 3.63) is 38.9 Å². The van der Waals surface area contributed by atoms with Crippen LogP contribution in [0.4, 0.5) is 0 Å². The van der Waals surface area contributed by atoms with Gasteiger partial charge < -0.3 is 15.0 Å². The molecule has 1 heterocycles. The molecule has 0 saturated carbocycles. The molecule has 1 aromatic rings. The molecule has 102 valence electrons. The van der Waals surface area contributed by atoms with Gasteiger partial charge in [0.2, 0.25) is 0 Å². The topological polar surface area (TPSA) is 80.0 Å². The van der Waals surface area contributed by atoms with E-state index in [0.717, 1.165) is 5.56 Å². The molecule has 1 fully saturated rings. The third-order valence-corrected chi connectivity index (χ3v) is 3.03. The summed E-state index contributed by atoms with van der Waals surface area (Å²) >= 11 is 6.04. The van der Waals surface area contributed by atoms with Crippen molar-refractivity contribution in [1.29, 1.82) is 0 Å². The highest BCUT2D eigenvalue weighted by molar-refractivity contribution is 6.32. The fourth-order valence-electron chi connectivity index (χ4n) is 1.88. The van der Waals surface area contributed by atoms with Crippen molar-refractivity contribution in [2.24, 2.45) is 5.10 Å². The zero-order valence-corrected chi connectivity index (χ0v) is 11.1. The number of methoxy groups -OCH3 is 1. The lowest BCUT2D eigenvalue weighted by molar-refractivity contribution is -0.485. The molecule has 19 heavy (non-hydrogen) atoms. The minimum atomic E-state index is -0.707. The van der Waals surface area contributed by atoms with Crippen molar-refractivity contribution < 1.29 is 9.77 Å². The molecule has 0 aliphatic carbocycles. The highest BCUT2D eigenvalue weighted by Gasteiger charge is 2.21. The van der Waals surface area contributed by atoms with Crippen molar-refractivity contribution in [1.82, 2.24) is 10.2 Å². The summed E-state index contributed by atoms with van der Waals surface area (Å²) in [6.07, 6.45) is 0. The first kappa shape index (κ1) is 13.4. The second kappa shape index (κ2) is 5.75. The molecule has 1 saturated heterocycles. The van der Waals surface area contributed by atoms with Crippen LogP contribution in [0, 0.1) is 10.1 Å². The number of hydrogen-bond acceptors (Lipinski definition) is 3. The Morgan fingerprint density at radius 2 is 2.42 bits per heavy atom. The van der Waals surface area contributed by atoms with Gasteiger partial charge in [-0.3, -0.25) is 0 Å². The van der Waals surface area contributed by atoms with Crippen LogP contribution in [-0.4, -0.2) is 36.1 Å². The molecule has 0 unspecified atom stereocenters. The van der Waals surface area contributed by atoms with Gasteiger partial charge in [0.15, 0.2) is 5.03 Å². The van der Waals surface area contributed by atoms with Crippen LogP contribution in [0.1, 0.15) is 5.56 Å². The van der Waals surface area contributed by atoms with E-state index in [0.29, 0.717) is 30.4 Å². The predicted octanol–water partition coefficient (Wildman–Crippen LogP) is 1.30. The molecule has 8 heteroatoms. The molecule has 1 aliphatic heterocycles. The fourth-order valence-corrected chi connectivity index (χ4v) is 2.16. The monoisotopic (exact) mass is 284 g/mol. The molecule has 1 N–H and O–H groups in total. The second-order valence-electron chi connectivity index (χ2n) is 3.98. The average molecular weight is 285 g/mol. The number of hydrogen-bond donors (Lipinski definition) is 1. The van der Waals surface area contributed by atoms with E-state index in [-0.39, 0.29) is 5.96 Å². The highest BCUT2D eigenvalue weighted by atomic mass is 35.5. The SMILES string of the molecule is COc1ccc(CN2CCN/C2=N\[N+](=O)[O-])cc1Cl. The van der Waals surface area contributed by atoms with Crippen LogP contribution in [0.2, 0.25) is 5.02 Å². The van der Waals surface area contributed by atoms with Crippen LogP contribution in [0.3, 0.4) is 0 Å². The average Bonchev–Trinajstić information content (AvgIpc) is 2.76. The number of nitrogens with zero attached hydrogens (tertiary/aromatic N) is 3. The van der Waals surface area contributed by atoms with E-state index >= 15 is 0 Å². The summed E-state index contributed by atoms with van der Waals surface area (Å²) in [5.74, 6) is 0.876. The summed E-state index contributed by atoms with van der Waals surface area (Å²) in [5.41, 5.74) is 0.936. The van der Waals surface area contributed by atoms with Crippen LogP contribution in [0.15, 0.2) is 23.3 Å². The van der Waals surface area contributed by atoms with Crippen molar-refractivity contribution >= 4 is 17.6 Å². The van der Waals surface area contributed by atoms with Crippen LogP contribution in [0.5, 0.6) is 5.75 Å². The molecule has 0 aromatic heterocycles. The Morgan fingerprint density at radius 3 is 3.05 bits per heavy atom. The Bertz CT molecular complexity index is 521. The second-order valence-corrected chi connectivity index (χ2v) is 4.39. The number of rotatable bonds is 4. The first-order valence-corrected chi connectivity index (χ1v) is 6.02. The number of halogens is 1. The highest BCUT2D eigenvalue weighted by Crippen LogP contribution is 2.25. The lowest BCUT2D eigenvalue weighted by Crippen LogP contribution is -2.30. The van der Waals surface area contributed by atoms with Gasteiger partial charge in [-0.25, -0.2) is 10.1 Å². The first-order valence-electron chi connectivity index (χ1n) is 5.64. The standard InChI is InChI=1S/C11H13ClN4O3/c1-19-10-3-2-8(6-9(10)12)7-15-5-4-13-11(15)14-16(17)18/h2-3,6H,4-5,7H2,1H3,(H,13,14). The summed E-state index contributed by atoms with van der Waals surface area (Å²) in [6, 6.07) is 5.42. The number of ether oxygens (including phenoxy) is 1. The normalized spacial score (nSPS) is 16.5. The zero-order chi connectivity index (χ0) is 13.8. The Hall–Kier alpha value is -2.02. The van der Waals surface area contributed by atoms with Crippen molar-refractivity contribution in [3.63, 3.8) is 0 Å². The van der Waals surface area contributed by atoms with E-state index in [4.69, 9.17) is 16.3 Å². The Kier molecular flexibility index (Phi) is 4.06. The van der Waals surface area contributed by atoms with Gasteiger partial charge in [0.05, 0.1) is 12.1 Å². The Labute approximate surface area is 114 Å². The van der Waals surface area contributed by atoms with E-state index < -0.39 is 5.03 Å². The molecule has 0 radical (unpaired) electrons. The quantitative estimate of drug-likeness (QED) is 0.666. The molecule has 0 amide bonds. The summed E-state index contributed by atoms with van der Waals surface area (Å²) < 4.78 is 5.07. The van der Waals surface area contributed by atoms with Crippen LogP contribution < -0.4 is 10.1 Å². The molecule has 0 spiro atoms. The third-order valence-electron chi connectivity index (χ3n) is 2.73. The molecule has 0 atom stereocenters.